The third-order valence-electron chi connectivity index (χ3n) is 6.56. The molecule has 0 fully saturated rings. The van der Waals surface area contributed by atoms with Crippen molar-refractivity contribution in [1.29, 1.82) is 0 Å². The van der Waals surface area contributed by atoms with E-state index in [0.29, 0.717) is 0 Å². The highest BCUT2D eigenvalue weighted by Crippen LogP contribution is 2.35. The second-order valence-corrected chi connectivity index (χ2v) is 9.02. The Morgan fingerprint density at radius 3 is 2.03 bits per heavy atom. The molecule has 2 unspecified atom stereocenters. The molecule has 0 saturated heterocycles. The molecule has 0 bridgehead atoms. The molecule has 0 aliphatic carbocycles. The van der Waals surface area contributed by atoms with Gasteiger partial charge in [-0.15, -0.1) is 0 Å². The van der Waals surface area contributed by atoms with Crippen molar-refractivity contribution in [1.82, 2.24) is 20.4 Å². The monoisotopic (exact) mass is 450 g/mol. The van der Waals surface area contributed by atoms with Crippen molar-refractivity contribution in [3.8, 4) is 0 Å². The maximum Gasteiger partial charge on any atom is 0.125 e. The molecule has 0 aromatic heterocycles. The number of rotatable bonds is 8. The lowest BCUT2D eigenvalue weighted by molar-refractivity contribution is 0.285. The van der Waals surface area contributed by atoms with E-state index in [0.717, 1.165) is 25.9 Å². The lowest BCUT2D eigenvalue weighted by Crippen LogP contribution is -2.29. The van der Waals surface area contributed by atoms with Crippen LogP contribution in [0.15, 0.2) is 97.3 Å². The van der Waals surface area contributed by atoms with E-state index >= 15 is 0 Å². The van der Waals surface area contributed by atoms with Crippen molar-refractivity contribution < 1.29 is 0 Å². The summed E-state index contributed by atoms with van der Waals surface area (Å²) in [7, 11) is 0. The summed E-state index contributed by atoms with van der Waals surface area (Å²) in [6, 6.07) is 30.4. The van der Waals surface area contributed by atoms with Gasteiger partial charge in [0.1, 0.15) is 12.3 Å². The van der Waals surface area contributed by atoms with E-state index in [-0.39, 0.29) is 12.3 Å². The molecule has 3 aromatic rings. The van der Waals surface area contributed by atoms with Gasteiger partial charge in [0.25, 0.3) is 0 Å². The molecule has 34 heavy (non-hydrogen) atoms. The van der Waals surface area contributed by atoms with Crippen molar-refractivity contribution in [2.45, 2.75) is 39.0 Å². The first-order valence-electron chi connectivity index (χ1n) is 12.5. The Balaban J connectivity index is 1.42. The molecule has 0 radical (unpaired) electrons. The summed E-state index contributed by atoms with van der Waals surface area (Å²) in [5.74, 6) is 0. The van der Waals surface area contributed by atoms with E-state index in [2.05, 4.69) is 132 Å². The van der Waals surface area contributed by atoms with E-state index in [9.17, 15) is 0 Å². The number of hydrogen-bond acceptors (Lipinski definition) is 4. The molecular weight excluding hydrogens is 416 g/mol. The van der Waals surface area contributed by atoms with Crippen LogP contribution >= 0.6 is 0 Å². The van der Waals surface area contributed by atoms with Gasteiger partial charge in [-0.1, -0.05) is 92.7 Å². The van der Waals surface area contributed by atoms with Gasteiger partial charge in [0.2, 0.25) is 0 Å². The Bertz CT molecular complexity index is 1150. The molecule has 4 nitrogen and oxygen atoms in total. The molecule has 4 heteroatoms. The van der Waals surface area contributed by atoms with E-state index in [1.165, 1.54) is 33.6 Å². The maximum atomic E-state index is 3.79. The largest absolute Gasteiger partial charge is 0.366 e. The average molecular weight is 451 g/mol. The minimum Gasteiger partial charge on any atom is -0.366 e. The molecule has 2 aliphatic heterocycles. The van der Waals surface area contributed by atoms with Crippen LogP contribution in [0, 0.1) is 0 Å². The summed E-state index contributed by atoms with van der Waals surface area (Å²) in [5, 5.41) is 7.41. The summed E-state index contributed by atoms with van der Waals surface area (Å²) in [6.07, 6.45) is 7.02. The second kappa shape index (κ2) is 10.1. The SMILES string of the molecule is CCCN1C=C(c2cccc(C3=CNC(c4ccccc4)N3CCC)c2)NC1c1ccccc1. The van der Waals surface area contributed by atoms with Crippen molar-refractivity contribution in [3.05, 3.63) is 120 Å². The summed E-state index contributed by atoms with van der Waals surface area (Å²) < 4.78 is 0. The first-order valence-corrected chi connectivity index (χ1v) is 12.5. The molecular formula is C30H34N4. The molecule has 3 aromatic carbocycles. The van der Waals surface area contributed by atoms with Gasteiger partial charge in [-0.2, -0.15) is 0 Å². The average Bonchev–Trinajstić information content (AvgIpc) is 3.51. The van der Waals surface area contributed by atoms with Gasteiger partial charge in [-0.3, -0.25) is 0 Å². The fraction of sp³-hybridized carbons (Fsp3) is 0.267. The van der Waals surface area contributed by atoms with Gasteiger partial charge >= 0.3 is 0 Å². The van der Waals surface area contributed by atoms with Crippen molar-refractivity contribution >= 4 is 11.4 Å². The topological polar surface area (TPSA) is 30.5 Å². The molecule has 0 saturated carbocycles. The van der Waals surface area contributed by atoms with E-state index < -0.39 is 0 Å². The lowest BCUT2D eigenvalue weighted by Gasteiger charge is -2.29. The van der Waals surface area contributed by atoms with Crippen LogP contribution in [0.25, 0.3) is 11.4 Å². The molecule has 2 heterocycles. The zero-order chi connectivity index (χ0) is 23.3. The molecule has 174 valence electrons. The van der Waals surface area contributed by atoms with Gasteiger partial charge in [0.05, 0.1) is 11.4 Å². The van der Waals surface area contributed by atoms with Crippen LogP contribution in [0.5, 0.6) is 0 Å². The van der Waals surface area contributed by atoms with Gasteiger partial charge in [0.15, 0.2) is 0 Å². The normalized spacial score (nSPS) is 19.5. The number of nitrogens with one attached hydrogen (secondary N) is 2. The second-order valence-electron chi connectivity index (χ2n) is 9.02. The van der Waals surface area contributed by atoms with Crippen molar-refractivity contribution in [3.63, 3.8) is 0 Å². The highest BCUT2D eigenvalue weighted by Gasteiger charge is 2.29. The smallest absolute Gasteiger partial charge is 0.125 e. The molecule has 0 spiro atoms. The molecule has 2 atom stereocenters. The minimum absolute atomic E-state index is 0.172. The van der Waals surface area contributed by atoms with Crippen LogP contribution in [-0.4, -0.2) is 22.9 Å². The van der Waals surface area contributed by atoms with Crippen LogP contribution in [0.3, 0.4) is 0 Å². The number of benzene rings is 3. The number of nitrogens with zero attached hydrogens (tertiary/aromatic N) is 2. The Kier molecular flexibility index (Phi) is 6.57. The highest BCUT2D eigenvalue weighted by atomic mass is 15.3. The Morgan fingerprint density at radius 2 is 1.35 bits per heavy atom. The van der Waals surface area contributed by atoms with Gasteiger partial charge in [-0.25, -0.2) is 0 Å². The van der Waals surface area contributed by atoms with Crippen LogP contribution < -0.4 is 10.6 Å². The van der Waals surface area contributed by atoms with Crippen LogP contribution in [0.1, 0.15) is 61.3 Å². The van der Waals surface area contributed by atoms with Crippen LogP contribution in [0.4, 0.5) is 0 Å². The summed E-state index contributed by atoms with van der Waals surface area (Å²) in [6.45, 7) is 6.51. The van der Waals surface area contributed by atoms with E-state index in [1.807, 2.05) is 0 Å². The first-order chi connectivity index (χ1) is 16.8. The first kappa shape index (κ1) is 22.1. The van der Waals surface area contributed by atoms with Crippen LogP contribution in [-0.2, 0) is 0 Å². The van der Waals surface area contributed by atoms with Crippen molar-refractivity contribution in [2.24, 2.45) is 0 Å². The van der Waals surface area contributed by atoms with Gasteiger partial charge in [0, 0.05) is 31.1 Å². The maximum absolute atomic E-state index is 3.79. The Morgan fingerprint density at radius 1 is 0.706 bits per heavy atom. The zero-order valence-electron chi connectivity index (χ0n) is 20.1. The summed E-state index contributed by atoms with van der Waals surface area (Å²) >= 11 is 0. The molecule has 5 rings (SSSR count). The zero-order valence-corrected chi connectivity index (χ0v) is 20.1. The molecule has 0 amide bonds. The van der Waals surface area contributed by atoms with E-state index in [1.54, 1.807) is 0 Å². The van der Waals surface area contributed by atoms with Gasteiger partial charge in [-0.05, 0) is 35.6 Å². The predicted octanol–water partition coefficient (Wildman–Crippen LogP) is 6.31. The van der Waals surface area contributed by atoms with Crippen LogP contribution in [0.2, 0.25) is 0 Å². The Hall–Kier alpha value is -3.66. The standard InChI is InChI=1S/C30H34N4/c1-3-18-33-22-27(32-30(33)24-14-9-6-10-15-24)25-16-11-17-26(20-25)28-21-31-29(34(28)19-4-2)23-12-7-5-8-13-23/h5-17,20-22,29-32H,3-4,18-19H2,1-2H3. The quantitative estimate of drug-likeness (QED) is 0.421. The fourth-order valence-electron chi connectivity index (χ4n) is 4.99. The fourth-order valence-corrected chi connectivity index (χ4v) is 4.99. The molecule has 2 N–H and O–H groups in total. The third kappa shape index (κ3) is 4.41. The Labute approximate surface area is 203 Å². The minimum atomic E-state index is 0.172. The lowest BCUT2D eigenvalue weighted by atomic mass is 10.0. The van der Waals surface area contributed by atoms with E-state index in [4.69, 9.17) is 0 Å². The predicted molar refractivity (Wildman–Crippen MR) is 141 cm³/mol. The summed E-state index contributed by atoms with van der Waals surface area (Å²) in [4.78, 5) is 4.91. The summed E-state index contributed by atoms with van der Waals surface area (Å²) in [5.41, 5.74) is 7.47. The molecule has 2 aliphatic rings. The number of hydrogen-bond donors (Lipinski definition) is 2. The van der Waals surface area contributed by atoms with Gasteiger partial charge < -0.3 is 20.4 Å². The van der Waals surface area contributed by atoms with Crippen molar-refractivity contribution in [2.75, 3.05) is 13.1 Å². The third-order valence-corrected chi connectivity index (χ3v) is 6.56. The highest BCUT2D eigenvalue weighted by molar-refractivity contribution is 5.73.